The third-order valence-corrected chi connectivity index (χ3v) is 4.68. The average molecular weight is 578 g/mol. The molecule has 0 fully saturated rings. The third-order valence-electron chi connectivity index (χ3n) is 4.33. The molecule has 0 aliphatic heterocycles. The molecule has 1 aromatic heterocycles. The summed E-state index contributed by atoms with van der Waals surface area (Å²) >= 11 is 5.49. The lowest BCUT2D eigenvalue weighted by molar-refractivity contribution is 0.427. The zero-order valence-electron chi connectivity index (χ0n) is 28.4. The normalized spacial score (nSPS) is 9.82. The average Bonchev–Trinajstić information content (AvgIpc) is 3.01. The molecule has 8 heteroatoms. The van der Waals surface area contributed by atoms with Crippen LogP contribution in [0.3, 0.4) is 0 Å². The van der Waals surface area contributed by atoms with Gasteiger partial charge in [-0.1, -0.05) is 94.7 Å². The van der Waals surface area contributed by atoms with Crippen molar-refractivity contribution in [1.82, 2.24) is 20.6 Å². The van der Waals surface area contributed by atoms with Gasteiger partial charge >= 0.3 is 0 Å². The Kier molecular flexibility index (Phi) is 45.2. The minimum absolute atomic E-state index is 0.558. The molecule has 0 unspecified atom stereocenters. The summed E-state index contributed by atoms with van der Waals surface area (Å²) in [5.41, 5.74) is 12.9. The number of hydrazone groups is 1. The molecule has 1 aromatic rings. The van der Waals surface area contributed by atoms with Gasteiger partial charge in [-0.05, 0) is 57.1 Å². The summed E-state index contributed by atoms with van der Waals surface area (Å²) in [5, 5.41) is 17.2. The predicted octanol–water partition coefficient (Wildman–Crippen LogP) is 8.42. The van der Waals surface area contributed by atoms with Crippen molar-refractivity contribution in [3.63, 3.8) is 0 Å². The SMILES string of the molecule is C/C=C(C#N)\C=C/CNCCN(CC)C(=S)N/N=C(/CC)c1nccc(C)c1N.CC.CC.CC.CC.CCC. The monoisotopic (exact) mass is 577 g/mol. The smallest absolute Gasteiger partial charge is 0.189 e. The van der Waals surface area contributed by atoms with Crippen molar-refractivity contribution in [2.45, 2.75) is 110 Å². The first-order valence-corrected chi connectivity index (χ1v) is 15.6. The van der Waals surface area contributed by atoms with Crippen molar-refractivity contribution < 1.29 is 0 Å². The maximum atomic E-state index is 8.86. The summed E-state index contributed by atoms with van der Waals surface area (Å²) in [6.45, 7) is 31.1. The summed E-state index contributed by atoms with van der Waals surface area (Å²) in [7, 11) is 0. The molecule has 0 atom stereocenters. The van der Waals surface area contributed by atoms with E-state index < -0.39 is 0 Å². The van der Waals surface area contributed by atoms with Crippen LogP contribution in [0.4, 0.5) is 5.69 Å². The predicted molar refractivity (Wildman–Crippen MR) is 186 cm³/mol. The standard InChI is InChI=1S/C21H31N7S.C3H8.4C2H6/c1-5-17(15-22)9-8-11-24-13-14-28(7-3)21(29)27-26-18(6-2)20-19(23)16(4)10-12-25-20;1-3-2;4*1-2/h5,8-10,12,24H,6-7,11,13-14,23H2,1-4H3,(H,27,29);3H2,1-2H3;4*1-2H3/b9-8-,17-5+,26-18-;;;;;. The minimum atomic E-state index is 0.558. The number of rotatable bonds is 10. The number of allylic oxidation sites excluding steroid dienone is 3. The van der Waals surface area contributed by atoms with E-state index >= 15 is 0 Å². The number of hydrogen-bond acceptors (Lipinski definition) is 6. The van der Waals surface area contributed by atoms with E-state index in [-0.39, 0.29) is 0 Å². The van der Waals surface area contributed by atoms with Gasteiger partial charge in [-0.3, -0.25) is 10.4 Å². The summed E-state index contributed by atoms with van der Waals surface area (Å²) in [4.78, 5) is 6.39. The van der Waals surface area contributed by atoms with Crippen LogP contribution in [0.5, 0.6) is 0 Å². The van der Waals surface area contributed by atoms with Gasteiger partial charge in [-0.2, -0.15) is 10.4 Å². The zero-order valence-corrected chi connectivity index (χ0v) is 29.2. The lowest BCUT2D eigenvalue weighted by Crippen LogP contribution is -2.41. The van der Waals surface area contributed by atoms with Crippen molar-refractivity contribution >= 4 is 28.7 Å². The van der Waals surface area contributed by atoms with Crippen LogP contribution in [0, 0.1) is 18.3 Å². The minimum Gasteiger partial charge on any atom is -0.397 e. The fourth-order valence-electron chi connectivity index (χ4n) is 2.47. The number of nitrogens with one attached hydrogen (secondary N) is 2. The number of nitrogens with zero attached hydrogens (tertiary/aromatic N) is 4. The maximum Gasteiger partial charge on any atom is 0.189 e. The Labute approximate surface area is 254 Å². The number of nitriles is 1. The zero-order chi connectivity index (χ0) is 32.4. The van der Waals surface area contributed by atoms with Gasteiger partial charge < -0.3 is 16.0 Å². The van der Waals surface area contributed by atoms with Gasteiger partial charge in [0, 0.05) is 37.9 Å². The number of pyridine rings is 1. The molecule has 0 aliphatic rings. The molecule has 0 bridgehead atoms. The Bertz CT molecular complexity index is 825. The molecule has 0 aromatic carbocycles. The molecule has 232 valence electrons. The van der Waals surface area contributed by atoms with Crippen molar-refractivity contribution in [3.05, 3.63) is 47.3 Å². The molecule has 0 saturated carbocycles. The molecule has 0 radical (unpaired) electrons. The molecular weight excluding hydrogens is 514 g/mol. The highest BCUT2D eigenvalue weighted by Gasteiger charge is 2.11. The van der Waals surface area contributed by atoms with Crippen LogP contribution in [0.15, 0.2) is 41.2 Å². The van der Waals surface area contributed by atoms with Gasteiger partial charge in [-0.15, -0.1) is 0 Å². The number of nitrogen functional groups attached to an aromatic ring is 1. The third kappa shape index (κ3) is 24.3. The molecule has 1 heterocycles. The molecule has 0 amide bonds. The number of hydrogen-bond donors (Lipinski definition) is 3. The molecular formula is C32H63N7S. The van der Waals surface area contributed by atoms with E-state index in [4.69, 9.17) is 23.2 Å². The largest absolute Gasteiger partial charge is 0.397 e. The summed E-state index contributed by atoms with van der Waals surface area (Å²) in [6, 6.07) is 4.00. The van der Waals surface area contributed by atoms with Gasteiger partial charge in [-0.25, -0.2) is 0 Å². The second-order valence-electron chi connectivity index (χ2n) is 6.97. The maximum absolute atomic E-state index is 8.86. The molecule has 40 heavy (non-hydrogen) atoms. The van der Waals surface area contributed by atoms with E-state index in [0.717, 1.165) is 30.9 Å². The first kappa shape index (κ1) is 47.1. The lowest BCUT2D eigenvalue weighted by Gasteiger charge is -2.23. The van der Waals surface area contributed by atoms with E-state index in [1.807, 2.05) is 106 Å². The fourth-order valence-corrected chi connectivity index (χ4v) is 2.74. The molecule has 1 rings (SSSR count). The van der Waals surface area contributed by atoms with E-state index in [1.165, 1.54) is 6.42 Å². The number of aryl methyl sites for hydroxylation is 1. The Morgan fingerprint density at radius 1 is 1.10 bits per heavy atom. The Balaban J connectivity index is -0.000000326. The fraction of sp³-hybridized carbons (Fsp3) is 0.625. The topological polar surface area (TPSA) is 102 Å². The molecule has 7 nitrogen and oxygen atoms in total. The van der Waals surface area contributed by atoms with Gasteiger partial charge in [0.25, 0.3) is 0 Å². The van der Waals surface area contributed by atoms with Gasteiger partial charge in [0.2, 0.25) is 0 Å². The highest BCUT2D eigenvalue weighted by molar-refractivity contribution is 7.80. The lowest BCUT2D eigenvalue weighted by atomic mass is 10.1. The number of nitrogens with two attached hydrogens (primary N) is 1. The molecule has 0 aliphatic carbocycles. The van der Waals surface area contributed by atoms with Gasteiger partial charge in [0.15, 0.2) is 5.11 Å². The second kappa shape index (κ2) is 38.4. The Morgan fingerprint density at radius 3 is 2.10 bits per heavy atom. The molecule has 4 N–H and O–H groups in total. The summed E-state index contributed by atoms with van der Waals surface area (Å²) in [5.74, 6) is 0. The van der Waals surface area contributed by atoms with Crippen LogP contribution < -0.4 is 16.5 Å². The van der Waals surface area contributed by atoms with Crippen LogP contribution in [0.25, 0.3) is 0 Å². The van der Waals surface area contributed by atoms with E-state index in [9.17, 15) is 0 Å². The quantitative estimate of drug-likeness (QED) is 0.0640. The number of aromatic nitrogens is 1. The first-order chi connectivity index (χ1) is 19.4. The van der Waals surface area contributed by atoms with Crippen molar-refractivity contribution in [2.24, 2.45) is 5.10 Å². The van der Waals surface area contributed by atoms with Crippen LogP contribution in [0.1, 0.15) is 114 Å². The number of thiocarbonyl (C=S) groups is 1. The number of anilines is 1. The molecule has 0 spiro atoms. The van der Waals surface area contributed by atoms with Crippen molar-refractivity contribution in [3.8, 4) is 6.07 Å². The number of likely N-dealkylation sites (N-methyl/N-ethyl adjacent to an activating group) is 1. The van der Waals surface area contributed by atoms with Crippen molar-refractivity contribution in [1.29, 1.82) is 5.26 Å². The van der Waals surface area contributed by atoms with Crippen molar-refractivity contribution in [2.75, 3.05) is 31.9 Å². The van der Waals surface area contributed by atoms with E-state index in [0.29, 0.717) is 35.0 Å². The van der Waals surface area contributed by atoms with Gasteiger partial charge in [0.05, 0.1) is 17.5 Å². The highest BCUT2D eigenvalue weighted by Crippen LogP contribution is 2.15. The Morgan fingerprint density at radius 2 is 1.65 bits per heavy atom. The summed E-state index contributed by atoms with van der Waals surface area (Å²) < 4.78 is 0. The Hall–Kier alpha value is -2.76. The second-order valence-corrected chi connectivity index (χ2v) is 7.35. The first-order valence-electron chi connectivity index (χ1n) is 15.2. The van der Waals surface area contributed by atoms with Gasteiger partial charge in [0.1, 0.15) is 5.69 Å². The van der Waals surface area contributed by atoms with E-state index in [2.05, 4.69) is 40.7 Å². The summed E-state index contributed by atoms with van der Waals surface area (Å²) in [6.07, 6.45) is 9.20. The van der Waals surface area contributed by atoms with Crippen LogP contribution in [-0.2, 0) is 0 Å². The van der Waals surface area contributed by atoms with Crippen LogP contribution in [0.2, 0.25) is 0 Å². The highest BCUT2D eigenvalue weighted by atomic mass is 32.1. The molecule has 0 saturated heterocycles. The van der Waals surface area contributed by atoms with Crippen LogP contribution in [-0.4, -0.2) is 46.9 Å². The van der Waals surface area contributed by atoms with E-state index in [1.54, 1.807) is 12.3 Å². The van der Waals surface area contributed by atoms with Crippen LogP contribution >= 0.6 is 12.2 Å².